The summed E-state index contributed by atoms with van der Waals surface area (Å²) in [5.41, 5.74) is 15.4. The minimum absolute atomic E-state index is 0.00480. The third-order valence-electron chi connectivity index (χ3n) is 9.91. The summed E-state index contributed by atoms with van der Waals surface area (Å²) >= 11 is 0. The van der Waals surface area contributed by atoms with Crippen LogP contribution in [0.1, 0.15) is 37.5 Å². The van der Waals surface area contributed by atoms with Gasteiger partial charge in [-0.15, -0.1) is 0 Å². The number of hydrogen-bond donors (Lipinski definition) is 0. The van der Waals surface area contributed by atoms with Crippen molar-refractivity contribution in [3.63, 3.8) is 0 Å². The number of fused-ring (bicyclic) bond motifs is 6. The van der Waals surface area contributed by atoms with Crippen molar-refractivity contribution in [3.8, 4) is 33.4 Å². The topological polar surface area (TPSA) is 16.1 Å². The van der Waals surface area contributed by atoms with Gasteiger partial charge in [0.2, 0.25) is 5.69 Å². The van der Waals surface area contributed by atoms with E-state index in [4.69, 9.17) is 4.42 Å². The highest BCUT2D eigenvalue weighted by molar-refractivity contribution is 6.10. The lowest BCUT2D eigenvalue weighted by Crippen LogP contribution is -2.14. The monoisotopic (exact) mass is 620 g/mol. The van der Waals surface area contributed by atoms with Gasteiger partial charge in [-0.1, -0.05) is 135 Å². The Balaban J connectivity index is 1.16. The van der Waals surface area contributed by atoms with Gasteiger partial charge in [0.1, 0.15) is 18.2 Å². The maximum absolute atomic E-state index is 6.34. The lowest BCUT2D eigenvalue weighted by atomic mass is 9.82. The van der Waals surface area contributed by atoms with E-state index >= 15 is 0 Å². The molecule has 0 fully saturated rings. The smallest absolute Gasteiger partial charge is 0.212 e. The minimum atomic E-state index is -0.00480. The highest BCUT2D eigenvalue weighted by Gasteiger charge is 2.35. The van der Waals surface area contributed by atoms with Gasteiger partial charge in [0.15, 0.2) is 6.21 Å². The second kappa shape index (κ2) is 11.8. The molecule has 0 radical (unpaired) electrons. The molecule has 2 nitrogen and oxygen atoms in total. The SMILES string of the molecule is C/C=C\C=C(/C=[N+](C)c1ccccc1-c1ccc2c(c1)-c1ccccc1C2(C)C)c1ccc(-c2cccc3c2oc2ccccc23)cc1. The molecule has 48 heavy (non-hydrogen) atoms. The summed E-state index contributed by atoms with van der Waals surface area (Å²) in [4.78, 5) is 0. The van der Waals surface area contributed by atoms with E-state index in [1.807, 2.05) is 12.1 Å². The molecular formula is C46H38NO+. The number of rotatable bonds is 6. The summed E-state index contributed by atoms with van der Waals surface area (Å²) in [7, 11) is 2.14. The molecule has 0 unspecified atom stereocenters. The van der Waals surface area contributed by atoms with E-state index in [0.717, 1.165) is 49.9 Å². The minimum Gasteiger partial charge on any atom is -0.455 e. The van der Waals surface area contributed by atoms with Crippen LogP contribution in [0.5, 0.6) is 0 Å². The van der Waals surface area contributed by atoms with Crippen LogP contribution in [-0.2, 0) is 5.41 Å². The fourth-order valence-electron chi connectivity index (χ4n) is 7.42. The van der Waals surface area contributed by atoms with Gasteiger partial charge in [-0.3, -0.25) is 0 Å². The van der Waals surface area contributed by atoms with Gasteiger partial charge >= 0.3 is 0 Å². The fourth-order valence-corrected chi connectivity index (χ4v) is 7.42. The van der Waals surface area contributed by atoms with Crippen LogP contribution in [0.2, 0.25) is 0 Å². The number of hydrogen-bond acceptors (Lipinski definition) is 1. The van der Waals surface area contributed by atoms with Crippen molar-refractivity contribution in [2.45, 2.75) is 26.2 Å². The zero-order valence-corrected chi connectivity index (χ0v) is 27.9. The third kappa shape index (κ3) is 4.93. The maximum Gasteiger partial charge on any atom is 0.212 e. The van der Waals surface area contributed by atoms with E-state index in [2.05, 4.69) is 178 Å². The lowest BCUT2D eigenvalue weighted by Gasteiger charge is -2.21. The molecule has 8 rings (SSSR count). The van der Waals surface area contributed by atoms with Crippen molar-refractivity contribution in [1.29, 1.82) is 0 Å². The van der Waals surface area contributed by atoms with Gasteiger partial charge in [0.25, 0.3) is 0 Å². The second-order valence-electron chi connectivity index (χ2n) is 13.2. The fraction of sp³-hybridized carbons (Fsp3) is 0.109. The van der Waals surface area contributed by atoms with E-state index < -0.39 is 0 Å². The molecule has 0 atom stereocenters. The number of para-hydroxylation sites is 3. The van der Waals surface area contributed by atoms with Crippen LogP contribution >= 0.6 is 0 Å². The van der Waals surface area contributed by atoms with Crippen LogP contribution in [0.15, 0.2) is 156 Å². The van der Waals surface area contributed by atoms with Gasteiger partial charge in [-0.25, -0.2) is 4.58 Å². The highest BCUT2D eigenvalue weighted by Crippen LogP contribution is 2.50. The zero-order chi connectivity index (χ0) is 32.8. The van der Waals surface area contributed by atoms with E-state index in [9.17, 15) is 0 Å². The Kier molecular flexibility index (Phi) is 7.30. The Morgan fingerprint density at radius 1 is 0.625 bits per heavy atom. The van der Waals surface area contributed by atoms with E-state index in [0.29, 0.717) is 0 Å². The normalized spacial score (nSPS) is 14.2. The number of nitrogens with zero attached hydrogens (tertiary/aromatic N) is 1. The zero-order valence-electron chi connectivity index (χ0n) is 27.9. The summed E-state index contributed by atoms with van der Waals surface area (Å²) in [6.45, 7) is 6.72. The summed E-state index contributed by atoms with van der Waals surface area (Å²) in [6, 6.07) is 48.0. The van der Waals surface area contributed by atoms with Crippen molar-refractivity contribution < 1.29 is 8.99 Å². The predicted octanol–water partition coefficient (Wildman–Crippen LogP) is 12.2. The average molecular weight is 621 g/mol. The number of benzene rings is 6. The van der Waals surface area contributed by atoms with E-state index in [1.54, 1.807) is 0 Å². The molecule has 1 aliphatic rings. The molecule has 232 valence electrons. The van der Waals surface area contributed by atoms with Crippen LogP contribution in [0.4, 0.5) is 5.69 Å². The average Bonchev–Trinajstić information content (AvgIpc) is 3.62. The molecule has 2 heteroatoms. The van der Waals surface area contributed by atoms with Gasteiger partial charge < -0.3 is 4.42 Å². The summed E-state index contributed by atoms with van der Waals surface area (Å²) in [6.07, 6.45) is 8.60. The molecule has 1 aromatic heterocycles. The molecule has 0 bridgehead atoms. The van der Waals surface area contributed by atoms with Crippen LogP contribution in [0.3, 0.4) is 0 Å². The van der Waals surface area contributed by atoms with Crippen LogP contribution < -0.4 is 0 Å². The molecule has 0 N–H and O–H groups in total. The summed E-state index contributed by atoms with van der Waals surface area (Å²) < 4.78 is 8.59. The molecule has 0 spiro atoms. The Morgan fingerprint density at radius 2 is 1.29 bits per heavy atom. The molecule has 0 amide bonds. The third-order valence-corrected chi connectivity index (χ3v) is 9.91. The van der Waals surface area contributed by atoms with Gasteiger partial charge in [-0.2, -0.15) is 0 Å². The molecule has 1 aliphatic carbocycles. The molecule has 0 aliphatic heterocycles. The standard InChI is InChI=1S/C46H38NO/c1-5-6-14-34(31-23-25-32(26-24-31)36-18-13-19-39-38-17-9-12-22-44(38)48-45(36)39)30-47(4)43-21-11-8-15-35(43)33-27-28-42-40(29-33)37-16-7-10-20-41(37)46(42,2)3/h5-30H,1-4H3/q+1/b6-5-,34-14+,47-30?. The highest BCUT2D eigenvalue weighted by atomic mass is 16.3. The summed E-state index contributed by atoms with van der Waals surface area (Å²) in [5, 5.41) is 2.29. The first kappa shape index (κ1) is 29.7. The molecule has 1 heterocycles. The Bertz CT molecular complexity index is 2430. The van der Waals surface area contributed by atoms with Crippen molar-refractivity contribution in [1.82, 2.24) is 0 Å². The first-order valence-corrected chi connectivity index (χ1v) is 16.7. The van der Waals surface area contributed by atoms with Crippen molar-refractivity contribution in [2.75, 3.05) is 7.05 Å². The second-order valence-corrected chi connectivity index (χ2v) is 13.2. The molecule has 0 saturated carbocycles. The molecule has 6 aromatic carbocycles. The largest absolute Gasteiger partial charge is 0.455 e. The summed E-state index contributed by atoms with van der Waals surface area (Å²) in [5.74, 6) is 0. The Morgan fingerprint density at radius 3 is 2.12 bits per heavy atom. The molecule has 0 saturated heterocycles. The predicted molar refractivity (Wildman–Crippen MR) is 203 cm³/mol. The van der Waals surface area contributed by atoms with Gasteiger partial charge in [0.05, 0.1) is 5.56 Å². The van der Waals surface area contributed by atoms with Crippen molar-refractivity contribution in [2.24, 2.45) is 0 Å². The Hall–Kier alpha value is -5.73. The molecule has 7 aromatic rings. The lowest BCUT2D eigenvalue weighted by molar-refractivity contribution is -0.397. The van der Waals surface area contributed by atoms with Crippen molar-refractivity contribution >= 4 is 39.4 Å². The van der Waals surface area contributed by atoms with Gasteiger partial charge in [0, 0.05) is 33.4 Å². The number of allylic oxidation sites excluding steroid dienone is 4. The van der Waals surface area contributed by atoms with E-state index in [1.165, 1.54) is 33.4 Å². The van der Waals surface area contributed by atoms with Crippen LogP contribution in [-0.4, -0.2) is 17.8 Å². The van der Waals surface area contributed by atoms with Gasteiger partial charge in [-0.05, 0) is 70.1 Å². The van der Waals surface area contributed by atoms with Crippen LogP contribution in [0, 0.1) is 0 Å². The number of furan rings is 1. The van der Waals surface area contributed by atoms with Crippen molar-refractivity contribution in [3.05, 3.63) is 168 Å². The quantitative estimate of drug-likeness (QED) is 0.103. The maximum atomic E-state index is 6.34. The van der Waals surface area contributed by atoms with E-state index in [-0.39, 0.29) is 5.41 Å². The first-order chi connectivity index (χ1) is 23.4. The van der Waals surface area contributed by atoms with Crippen LogP contribution in [0.25, 0.3) is 60.9 Å². The molecular weight excluding hydrogens is 583 g/mol. The first-order valence-electron chi connectivity index (χ1n) is 16.7. The Labute approximate surface area is 282 Å².